The SMILES string of the molecule is C[Si](C)(C)[Si]/C=C/CCc1ccccc1. The van der Waals surface area contributed by atoms with Crippen molar-refractivity contribution >= 4 is 16.6 Å². The smallest absolute Gasteiger partial charge is 0.0598 e. The van der Waals surface area contributed by atoms with Gasteiger partial charge in [0.1, 0.15) is 0 Å². The van der Waals surface area contributed by atoms with Crippen molar-refractivity contribution in [3.8, 4) is 0 Å². The summed E-state index contributed by atoms with van der Waals surface area (Å²) in [4.78, 5) is 0. The maximum Gasteiger partial charge on any atom is 0.0598 e. The lowest BCUT2D eigenvalue weighted by molar-refractivity contribution is 1.00. The summed E-state index contributed by atoms with van der Waals surface area (Å²) < 4.78 is 0. The van der Waals surface area contributed by atoms with Crippen molar-refractivity contribution in [2.45, 2.75) is 32.5 Å². The summed E-state index contributed by atoms with van der Waals surface area (Å²) in [5.41, 5.74) is 3.84. The van der Waals surface area contributed by atoms with E-state index in [1.807, 2.05) is 0 Å². The van der Waals surface area contributed by atoms with Crippen LogP contribution in [0.2, 0.25) is 19.6 Å². The van der Waals surface area contributed by atoms with Gasteiger partial charge in [0.2, 0.25) is 0 Å². The van der Waals surface area contributed by atoms with Crippen LogP contribution in [0.3, 0.4) is 0 Å². The molecule has 0 bridgehead atoms. The Morgan fingerprint density at radius 3 is 2.40 bits per heavy atom. The molecule has 2 radical (unpaired) electrons. The molecule has 0 aliphatic heterocycles. The van der Waals surface area contributed by atoms with Crippen LogP contribution in [0.25, 0.3) is 0 Å². The van der Waals surface area contributed by atoms with E-state index in [0.717, 1.165) is 9.04 Å². The predicted molar refractivity (Wildman–Crippen MR) is 73.0 cm³/mol. The van der Waals surface area contributed by atoms with Gasteiger partial charge in [0.15, 0.2) is 0 Å². The highest BCUT2D eigenvalue weighted by molar-refractivity contribution is 7.24. The number of aryl methyl sites for hydroxylation is 1. The van der Waals surface area contributed by atoms with Gasteiger partial charge in [-0.3, -0.25) is 0 Å². The Balaban J connectivity index is 2.22. The van der Waals surface area contributed by atoms with E-state index >= 15 is 0 Å². The Morgan fingerprint density at radius 2 is 1.80 bits per heavy atom. The summed E-state index contributed by atoms with van der Waals surface area (Å²) in [6.07, 6.45) is 4.71. The molecule has 1 rings (SSSR count). The lowest BCUT2D eigenvalue weighted by Gasteiger charge is -2.10. The van der Waals surface area contributed by atoms with Crippen LogP contribution in [0.15, 0.2) is 42.1 Å². The number of benzene rings is 1. The molecule has 0 aromatic heterocycles. The molecule has 0 fully saturated rings. The molecule has 0 amide bonds. The molecule has 2 heteroatoms. The summed E-state index contributed by atoms with van der Waals surface area (Å²) in [6.45, 7) is 7.27. The minimum atomic E-state index is -0.846. The summed E-state index contributed by atoms with van der Waals surface area (Å²) in [6, 6.07) is 10.7. The molecule has 0 heterocycles. The summed E-state index contributed by atoms with van der Waals surface area (Å²) in [5, 5.41) is 0. The van der Waals surface area contributed by atoms with Gasteiger partial charge in [-0.2, -0.15) is 0 Å². The second kappa shape index (κ2) is 6.08. The van der Waals surface area contributed by atoms with E-state index < -0.39 is 7.59 Å². The third-order valence-corrected chi connectivity index (χ3v) is 6.44. The quantitative estimate of drug-likeness (QED) is 0.680. The van der Waals surface area contributed by atoms with Gasteiger partial charge in [0, 0.05) is 7.59 Å². The standard InChI is InChI=1S/C13H20Si2/c1-15(2,3)14-12-8-7-11-13-9-5-4-6-10-13/h4-6,8-10,12H,7,11H2,1-3H3/b12-8+. The molecule has 80 valence electrons. The average molecular weight is 232 g/mol. The van der Waals surface area contributed by atoms with E-state index in [0.29, 0.717) is 0 Å². The van der Waals surface area contributed by atoms with Crippen LogP contribution in [0.5, 0.6) is 0 Å². The molecule has 0 N–H and O–H groups in total. The highest BCUT2D eigenvalue weighted by Gasteiger charge is 2.10. The van der Waals surface area contributed by atoms with Crippen LogP contribution < -0.4 is 0 Å². The molecule has 0 aliphatic carbocycles. The van der Waals surface area contributed by atoms with Crippen LogP contribution in [0.1, 0.15) is 12.0 Å². The Bertz CT molecular complexity index is 296. The Hall–Kier alpha value is -0.606. The maximum atomic E-state index is 2.42. The zero-order chi connectivity index (χ0) is 11.1. The normalized spacial score (nSPS) is 12.2. The minimum Gasteiger partial charge on any atom is -0.106 e. The summed E-state index contributed by atoms with van der Waals surface area (Å²) in [5.74, 6) is 0. The highest BCUT2D eigenvalue weighted by Crippen LogP contribution is 2.03. The molecule has 0 saturated heterocycles. The van der Waals surface area contributed by atoms with Gasteiger partial charge in [-0.15, -0.1) is 5.70 Å². The zero-order valence-electron chi connectivity index (χ0n) is 9.96. The summed E-state index contributed by atoms with van der Waals surface area (Å²) in [7, 11) is 0.222. The molecule has 0 saturated carbocycles. The van der Waals surface area contributed by atoms with E-state index in [1.165, 1.54) is 18.4 Å². The molecular weight excluding hydrogens is 212 g/mol. The van der Waals surface area contributed by atoms with Gasteiger partial charge < -0.3 is 0 Å². The van der Waals surface area contributed by atoms with E-state index in [9.17, 15) is 0 Å². The van der Waals surface area contributed by atoms with Crippen molar-refractivity contribution in [3.63, 3.8) is 0 Å². The van der Waals surface area contributed by atoms with Gasteiger partial charge >= 0.3 is 0 Å². The van der Waals surface area contributed by atoms with Crippen LogP contribution in [-0.2, 0) is 6.42 Å². The van der Waals surface area contributed by atoms with Gasteiger partial charge in [-0.05, 0) is 18.4 Å². The van der Waals surface area contributed by atoms with Crippen molar-refractivity contribution in [1.82, 2.24) is 0 Å². The second-order valence-corrected chi connectivity index (χ2v) is 15.3. The van der Waals surface area contributed by atoms with Gasteiger partial charge in [0.25, 0.3) is 0 Å². The van der Waals surface area contributed by atoms with E-state index in [2.05, 4.69) is 61.7 Å². The first kappa shape index (κ1) is 12.5. The molecule has 15 heavy (non-hydrogen) atoms. The monoisotopic (exact) mass is 232 g/mol. The van der Waals surface area contributed by atoms with Crippen molar-refractivity contribution in [2.24, 2.45) is 0 Å². The minimum absolute atomic E-state index is 0.846. The van der Waals surface area contributed by atoms with Crippen molar-refractivity contribution in [1.29, 1.82) is 0 Å². The second-order valence-electron chi connectivity index (χ2n) is 4.82. The molecule has 0 unspecified atom stereocenters. The largest absolute Gasteiger partial charge is 0.106 e. The van der Waals surface area contributed by atoms with Gasteiger partial charge in [0.05, 0.1) is 9.04 Å². The fraction of sp³-hybridized carbons (Fsp3) is 0.385. The first-order valence-corrected chi connectivity index (χ1v) is 11.1. The van der Waals surface area contributed by atoms with Crippen LogP contribution >= 0.6 is 0 Å². The molecule has 0 spiro atoms. The van der Waals surface area contributed by atoms with Gasteiger partial charge in [-0.1, -0.05) is 56.0 Å². The summed E-state index contributed by atoms with van der Waals surface area (Å²) >= 11 is 0. The van der Waals surface area contributed by atoms with Gasteiger partial charge in [-0.25, -0.2) is 0 Å². The fourth-order valence-electron chi connectivity index (χ4n) is 1.29. The van der Waals surface area contributed by atoms with Crippen LogP contribution in [0, 0.1) is 0 Å². The lowest BCUT2D eigenvalue weighted by atomic mass is 10.1. The van der Waals surface area contributed by atoms with E-state index in [4.69, 9.17) is 0 Å². The number of hydrogen-bond donors (Lipinski definition) is 0. The van der Waals surface area contributed by atoms with Crippen molar-refractivity contribution < 1.29 is 0 Å². The van der Waals surface area contributed by atoms with E-state index in [1.54, 1.807) is 0 Å². The average Bonchev–Trinajstić information content (AvgIpc) is 2.17. The fourth-order valence-corrected chi connectivity index (χ4v) is 3.93. The Labute approximate surface area is 97.0 Å². The van der Waals surface area contributed by atoms with Crippen molar-refractivity contribution in [2.75, 3.05) is 0 Å². The van der Waals surface area contributed by atoms with Crippen LogP contribution in [-0.4, -0.2) is 16.6 Å². The molecule has 1 aromatic rings. The number of allylic oxidation sites excluding steroid dienone is 1. The van der Waals surface area contributed by atoms with Crippen LogP contribution in [0.4, 0.5) is 0 Å². The first-order chi connectivity index (χ1) is 7.08. The third kappa shape index (κ3) is 6.47. The number of rotatable bonds is 5. The number of hydrogen-bond acceptors (Lipinski definition) is 0. The lowest BCUT2D eigenvalue weighted by Crippen LogP contribution is -2.28. The Morgan fingerprint density at radius 1 is 1.13 bits per heavy atom. The third-order valence-electron chi connectivity index (χ3n) is 2.08. The molecule has 0 atom stereocenters. The maximum absolute atomic E-state index is 2.42. The van der Waals surface area contributed by atoms with Crippen molar-refractivity contribution in [3.05, 3.63) is 47.7 Å². The Kier molecular flexibility index (Phi) is 5.05. The topological polar surface area (TPSA) is 0 Å². The molecular formula is C13H20Si2. The predicted octanol–water partition coefficient (Wildman–Crippen LogP) is 3.67. The zero-order valence-corrected chi connectivity index (χ0v) is 12.0. The van der Waals surface area contributed by atoms with E-state index in [-0.39, 0.29) is 0 Å². The molecule has 0 aliphatic rings. The first-order valence-electron chi connectivity index (χ1n) is 5.54. The highest BCUT2D eigenvalue weighted by atomic mass is 29.2. The molecule has 0 nitrogen and oxygen atoms in total. The molecule has 1 aromatic carbocycles.